The Morgan fingerprint density at radius 1 is 1.00 bits per heavy atom. The van der Waals surface area contributed by atoms with Gasteiger partial charge in [0.2, 0.25) is 5.91 Å². The number of hydrogen-bond acceptors (Lipinski definition) is 7. The van der Waals surface area contributed by atoms with Crippen molar-refractivity contribution in [2.24, 2.45) is 0 Å². The van der Waals surface area contributed by atoms with E-state index in [0.29, 0.717) is 23.5 Å². The first kappa shape index (κ1) is 25.9. The number of non-ortho nitro benzene ring substituents is 1. The number of carbonyl (C=O) groups excluding carboxylic acids is 1. The fourth-order valence-corrected chi connectivity index (χ4v) is 4.31. The second kappa shape index (κ2) is 10.7. The third-order valence-corrected chi connectivity index (χ3v) is 5.98. The van der Waals surface area contributed by atoms with Crippen LogP contribution >= 0.6 is 0 Å². The van der Waals surface area contributed by atoms with Crippen LogP contribution in [0.2, 0.25) is 0 Å². The number of nitrogens with one attached hydrogen (secondary N) is 1. The molecule has 0 bridgehead atoms. The van der Waals surface area contributed by atoms with Crippen LogP contribution in [0, 0.1) is 10.1 Å². The fourth-order valence-electron chi connectivity index (χ4n) is 4.31. The molecule has 0 saturated carbocycles. The molecule has 0 aromatic heterocycles. The quantitative estimate of drug-likeness (QED) is 0.229. The number of rotatable bonds is 9. The van der Waals surface area contributed by atoms with Gasteiger partial charge in [0, 0.05) is 42.2 Å². The molecule has 2 aromatic carbocycles. The zero-order chi connectivity index (χ0) is 26.6. The summed E-state index contributed by atoms with van der Waals surface area (Å²) in [5.41, 5.74) is 0.592. The number of aromatic hydroxyl groups is 1. The maximum Gasteiger partial charge on any atom is 0.334 e. The Balaban J connectivity index is 1.88. The number of carbonyl (C=O) groups is 3. The van der Waals surface area contributed by atoms with Gasteiger partial charge in [-0.05, 0) is 50.1 Å². The lowest BCUT2D eigenvalue weighted by Crippen LogP contribution is -2.35. The number of phenols is 1. The van der Waals surface area contributed by atoms with Crippen molar-refractivity contribution in [3.8, 4) is 5.75 Å². The third kappa shape index (κ3) is 5.52. The second-order valence-corrected chi connectivity index (χ2v) is 8.24. The van der Waals surface area contributed by atoms with Crippen molar-refractivity contribution >= 4 is 29.2 Å². The van der Waals surface area contributed by atoms with Gasteiger partial charge in [0.15, 0.2) is 0 Å². The van der Waals surface area contributed by atoms with Crippen LogP contribution in [0.3, 0.4) is 0 Å². The summed E-state index contributed by atoms with van der Waals surface area (Å²) in [6, 6.07) is 11.2. The average Bonchev–Trinajstić information content (AvgIpc) is 2.81. The molecule has 0 spiro atoms. The normalized spacial score (nSPS) is 14.1. The van der Waals surface area contributed by atoms with Crippen LogP contribution in [0.1, 0.15) is 38.2 Å². The molecule has 3 rings (SSSR count). The van der Waals surface area contributed by atoms with Gasteiger partial charge in [-0.15, -0.1) is 0 Å². The summed E-state index contributed by atoms with van der Waals surface area (Å²) in [4.78, 5) is 49.0. The van der Waals surface area contributed by atoms with E-state index in [0.717, 1.165) is 0 Å². The van der Waals surface area contributed by atoms with Gasteiger partial charge in [-0.1, -0.05) is 12.1 Å². The molecule has 2 aromatic rings. The SMILES string of the molecule is CC1=C(C(=O)O)C(c2cccc([N+](=O)[O-])c2)C(C(=O)O)=C(C)N1CCCC(=O)Nc1ccc(O)cc1. The van der Waals surface area contributed by atoms with Crippen LogP contribution in [0.4, 0.5) is 11.4 Å². The zero-order valence-electron chi connectivity index (χ0n) is 19.6. The predicted octanol–water partition coefficient (Wildman–Crippen LogP) is 3.84. The van der Waals surface area contributed by atoms with Gasteiger partial charge in [0.25, 0.3) is 5.69 Å². The Morgan fingerprint density at radius 2 is 1.58 bits per heavy atom. The smallest absolute Gasteiger partial charge is 0.334 e. The molecule has 1 aliphatic rings. The summed E-state index contributed by atoms with van der Waals surface area (Å²) in [6.45, 7) is 3.27. The number of benzene rings is 2. The number of anilines is 1. The number of hydrogen-bond donors (Lipinski definition) is 4. The minimum atomic E-state index is -1.34. The Hall–Kier alpha value is -4.67. The van der Waals surface area contributed by atoms with Gasteiger partial charge >= 0.3 is 11.9 Å². The molecule has 0 saturated heterocycles. The summed E-state index contributed by atoms with van der Waals surface area (Å²) in [6.07, 6.45) is 0.372. The molecular weight excluding hydrogens is 470 g/mol. The molecule has 11 nitrogen and oxygen atoms in total. The molecule has 1 heterocycles. The summed E-state index contributed by atoms with van der Waals surface area (Å²) in [7, 11) is 0. The van der Waals surface area contributed by atoms with Gasteiger partial charge < -0.3 is 25.5 Å². The number of nitro benzene ring substituents is 1. The first-order chi connectivity index (χ1) is 17.0. The number of aliphatic carboxylic acids is 2. The summed E-state index contributed by atoms with van der Waals surface area (Å²) >= 11 is 0. The van der Waals surface area contributed by atoms with Crippen molar-refractivity contribution in [1.82, 2.24) is 4.90 Å². The van der Waals surface area contributed by atoms with Crippen molar-refractivity contribution in [1.29, 1.82) is 0 Å². The van der Waals surface area contributed by atoms with E-state index in [9.17, 15) is 39.8 Å². The maximum absolute atomic E-state index is 12.3. The molecular formula is C25H25N3O8. The first-order valence-corrected chi connectivity index (χ1v) is 11.0. The zero-order valence-corrected chi connectivity index (χ0v) is 19.6. The highest BCUT2D eigenvalue weighted by molar-refractivity contribution is 5.98. The number of amides is 1. The molecule has 36 heavy (non-hydrogen) atoms. The lowest BCUT2D eigenvalue weighted by atomic mass is 9.79. The topological polar surface area (TPSA) is 170 Å². The third-order valence-electron chi connectivity index (χ3n) is 5.98. The van der Waals surface area contributed by atoms with Crippen LogP contribution in [0.25, 0.3) is 0 Å². The van der Waals surface area contributed by atoms with E-state index in [2.05, 4.69) is 5.32 Å². The minimum absolute atomic E-state index is 0.0644. The monoisotopic (exact) mass is 495 g/mol. The van der Waals surface area contributed by atoms with E-state index in [1.807, 2.05) is 0 Å². The molecule has 0 unspecified atom stereocenters. The molecule has 1 amide bonds. The van der Waals surface area contributed by atoms with Crippen molar-refractivity contribution in [3.63, 3.8) is 0 Å². The molecule has 1 aliphatic heterocycles. The van der Waals surface area contributed by atoms with Gasteiger partial charge in [-0.25, -0.2) is 9.59 Å². The first-order valence-electron chi connectivity index (χ1n) is 11.0. The van der Waals surface area contributed by atoms with Crippen LogP contribution in [-0.4, -0.2) is 49.5 Å². The second-order valence-electron chi connectivity index (χ2n) is 8.24. The van der Waals surface area contributed by atoms with Crippen LogP contribution in [0.15, 0.2) is 71.1 Å². The molecule has 0 atom stereocenters. The molecule has 0 radical (unpaired) electrons. The lowest BCUT2D eigenvalue weighted by Gasteiger charge is -2.37. The van der Waals surface area contributed by atoms with Gasteiger partial charge in [-0.2, -0.15) is 0 Å². The van der Waals surface area contributed by atoms with Gasteiger partial charge in [0.05, 0.1) is 22.0 Å². The largest absolute Gasteiger partial charge is 0.508 e. The minimum Gasteiger partial charge on any atom is -0.508 e. The van der Waals surface area contributed by atoms with E-state index in [1.165, 1.54) is 36.4 Å². The van der Waals surface area contributed by atoms with E-state index in [4.69, 9.17) is 0 Å². The number of nitrogens with zero attached hydrogens (tertiary/aromatic N) is 2. The Kier molecular flexibility index (Phi) is 7.73. The Bertz CT molecular complexity index is 1240. The molecule has 4 N–H and O–H groups in total. The number of carboxylic acids is 2. The molecule has 0 aliphatic carbocycles. The highest BCUT2D eigenvalue weighted by atomic mass is 16.6. The van der Waals surface area contributed by atoms with Crippen LogP contribution < -0.4 is 5.32 Å². The highest BCUT2D eigenvalue weighted by Crippen LogP contribution is 2.42. The summed E-state index contributed by atoms with van der Waals surface area (Å²) < 4.78 is 0. The van der Waals surface area contributed by atoms with Gasteiger partial charge in [-0.3, -0.25) is 14.9 Å². The number of allylic oxidation sites excluding steroid dienone is 2. The maximum atomic E-state index is 12.3. The Morgan fingerprint density at radius 3 is 2.11 bits per heavy atom. The van der Waals surface area contributed by atoms with E-state index >= 15 is 0 Å². The molecule has 11 heteroatoms. The van der Waals surface area contributed by atoms with Gasteiger partial charge in [0.1, 0.15) is 5.75 Å². The fraction of sp³-hybridized carbons (Fsp3) is 0.240. The molecule has 188 valence electrons. The summed E-state index contributed by atoms with van der Waals surface area (Å²) in [5, 5.41) is 43.3. The van der Waals surface area contributed by atoms with E-state index < -0.39 is 22.8 Å². The lowest BCUT2D eigenvalue weighted by molar-refractivity contribution is -0.384. The highest BCUT2D eigenvalue weighted by Gasteiger charge is 2.39. The number of carboxylic acid groups (broad SMARTS) is 2. The van der Waals surface area contributed by atoms with E-state index in [-0.39, 0.29) is 47.0 Å². The van der Waals surface area contributed by atoms with Crippen molar-refractivity contribution in [3.05, 3.63) is 86.7 Å². The van der Waals surface area contributed by atoms with Crippen molar-refractivity contribution in [2.75, 3.05) is 11.9 Å². The van der Waals surface area contributed by atoms with Crippen LogP contribution in [0.5, 0.6) is 5.75 Å². The standard InChI is InChI=1S/C25H25N3O8/c1-14-21(24(31)32)23(16-5-3-6-18(13-16)28(35)36)22(25(33)34)15(2)27(14)12-4-7-20(30)26-17-8-10-19(29)11-9-17/h3,5-6,8-11,13,23,29H,4,7,12H2,1-2H3,(H,26,30)(H,31,32)(H,33,34). The number of phenolic OH excluding ortho intramolecular Hbond substituents is 1. The predicted molar refractivity (Wildman–Crippen MR) is 129 cm³/mol. The van der Waals surface area contributed by atoms with Crippen molar-refractivity contribution in [2.45, 2.75) is 32.6 Å². The molecule has 0 fully saturated rings. The van der Waals surface area contributed by atoms with E-state index in [1.54, 1.807) is 30.9 Å². The number of nitro groups is 1. The van der Waals surface area contributed by atoms with Crippen molar-refractivity contribution < 1.29 is 34.6 Å². The van der Waals surface area contributed by atoms with Crippen LogP contribution in [-0.2, 0) is 14.4 Å². The Labute approximate surface area is 206 Å². The average molecular weight is 495 g/mol. The summed E-state index contributed by atoms with van der Waals surface area (Å²) in [5.74, 6) is -4.13.